The first-order valence-corrected chi connectivity index (χ1v) is 11.0. The van der Waals surface area contributed by atoms with E-state index in [0.29, 0.717) is 13.1 Å². The van der Waals surface area contributed by atoms with E-state index in [0.717, 1.165) is 68.8 Å². The van der Waals surface area contributed by atoms with Gasteiger partial charge in [-0.2, -0.15) is 0 Å². The number of benzene rings is 1. The second kappa shape index (κ2) is 8.00. The SMILES string of the molecule is O=C(O)N1CCC(c2ncnc3cc(N4CCOCC4)ccc23)(N2CCCC2)CC1. The highest BCUT2D eigenvalue weighted by atomic mass is 16.5. The lowest BCUT2D eigenvalue weighted by Crippen LogP contribution is -2.53. The van der Waals surface area contributed by atoms with Gasteiger partial charge in [0.1, 0.15) is 6.33 Å². The van der Waals surface area contributed by atoms with Crippen LogP contribution in [0.4, 0.5) is 10.5 Å². The van der Waals surface area contributed by atoms with Crippen LogP contribution in [0, 0.1) is 0 Å². The molecular weight excluding hydrogens is 382 g/mol. The molecule has 1 amide bonds. The van der Waals surface area contributed by atoms with Gasteiger partial charge in [0.2, 0.25) is 0 Å². The van der Waals surface area contributed by atoms with Crippen LogP contribution in [0.5, 0.6) is 0 Å². The predicted octanol–water partition coefficient (Wildman–Crippen LogP) is 2.53. The minimum Gasteiger partial charge on any atom is -0.465 e. The fourth-order valence-electron chi connectivity index (χ4n) is 5.35. The van der Waals surface area contributed by atoms with Crippen LogP contribution in [0.15, 0.2) is 24.5 Å². The predicted molar refractivity (Wildman–Crippen MR) is 114 cm³/mol. The lowest BCUT2D eigenvalue weighted by molar-refractivity contribution is 0.0338. The molecule has 8 nitrogen and oxygen atoms in total. The second-order valence-electron chi connectivity index (χ2n) is 8.52. The van der Waals surface area contributed by atoms with Crippen molar-refractivity contribution in [2.24, 2.45) is 0 Å². The third-order valence-corrected chi connectivity index (χ3v) is 7.01. The van der Waals surface area contributed by atoms with Crippen molar-refractivity contribution in [3.8, 4) is 0 Å². The van der Waals surface area contributed by atoms with E-state index >= 15 is 0 Å². The van der Waals surface area contributed by atoms with Crippen molar-refractivity contribution in [3.63, 3.8) is 0 Å². The van der Waals surface area contributed by atoms with Gasteiger partial charge in [0.05, 0.1) is 30.0 Å². The van der Waals surface area contributed by atoms with Gasteiger partial charge in [-0.15, -0.1) is 0 Å². The molecule has 0 bridgehead atoms. The Morgan fingerprint density at radius 3 is 2.43 bits per heavy atom. The van der Waals surface area contributed by atoms with Crippen LogP contribution in [0.25, 0.3) is 10.9 Å². The quantitative estimate of drug-likeness (QED) is 0.831. The molecule has 30 heavy (non-hydrogen) atoms. The van der Waals surface area contributed by atoms with Crippen LogP contribution >= 0.6 is 0 Å². The van der Waals surface area contributed by atoms with Gasteiger partial charge in [0.25, 0.3) is 0 Å². The number of likely N-dealkylation sites (tertiary alicyclic amines) is 2. The molecule has 4 heterocycles. The topological polar surface area (TPSA) is 82.0 Å². The maximum Gasteiger partial charge on any atom is 0.407 e. The molecular formula is C22H29N5O3. The number of carbonyl (C=O) groups is 1. The first-order chi connectivity index (χ1) is 14.7. The van der Waals surface area contributed by atoms with Crippen LogP contribution in [0.3, 0.4) is 0 Å². The molecule has 0 unspecified atom stereocenters. The van der Waals surface area contributed by atoms with E-state index in [4.69, 9.17) is 9.72 Å². The standard InChI is InChI=1S/C22H29N5O3/c28-21(29)26-9-5-22(6-10-26,27-7-1-2-8-27)20-18-4-3-17(15-19(18)23-16-24-20)25-11-13-30-14-12-25/h3-4,15-16H,1-2,5-14H2,(H,28,29). The minimum atomic E-state index is -0.826. The minimum absolute atomic E-state index is 0.218. The molecule has 0 atom stereocenters. The lowest BCUT2D eigenvalue weighted by Gasteiger charge is -2.47. The van der Waals surface area contributed by atoms with Crippen molar-refractivity contribution < 1.29 is 14.6 Å². The van der Waals surface area contributed by atoms with Gasteiger partial charge in [-0.05, 0) is 57.0 Å². The van der Waals surface area contributed by atoms with Gasteiger partial charge >= 0.3 is 6.09 Å². The molecule has 3 aliphatic heterocycles. The molecule has 8 heteroatoms. The normalized spacial score (nSPS) is 22.5. The number of ether oxygens (including phenoxy) is 1. The number of anilines is 1. The van der Waals surface area contributed by atoms with Crippen molar-refractivity contribution in [3.05, 3.63) is 30.2 Å². The Labute approximate surface area is 176 Å². The molecule has 2 aromatic rings. The van der Waals surface area contributed by atoms with E-state index in [2.05, 4.69) is 33.0 Å². The number of hydrogen-bond acceptors (Lipinski definition) is 6. The third-order valence-electron chi connectivity index (χ3n) is 7.01. The Hall–Kier alpha value is -2.45. The van der Waals surface area contributed by atoms with E-state index < -0.39 is 6.09 Å². The summed E-state index contributed by atoms with van der Waals surface area (Å²) in [6, 6.07) is 6.50. The largest absolute Gasteiger partial charge is 0.465 e. The Morgan fingerprint density at radius 1 is 1.00 bits per heavy atom. The summed E-state index contributed by atoms with van der Waals surface area (Å²) < 4.78 is 5.48. The summed E-state index contributed by atoms with van der Waals surface area (Å²) in [6.07, 6.45) is 4.78. The summed E-state index contributed by atoms with van der Waals surface area (Å²) in [4.78, 5) is 27.3. The Bertz CT molecular complexity index is 916. The summed E-state index contributed by atoms with van der Waals surface area (Å²) in [5, 5.41) is 10.5. The van der Waals surface area contributed by atoms with Crippen LogP contribution in [0.2, 0.25) is 0 Å². The second-order valence-corrected chi connectivity index (χ2v) is 8.52. The zero-order valence-corrected chi connectivity index (χ0v) is 17.3. The molecule has 3 saturated heterocycles. The smallest absolute Gasteiger partial charge is 0.407 e. The number of fused-ring (bicyclic) bond motifs is 1. The van der Waals surface area contributed by atoms with E-state index in [-0.39, 0.29) is 5.54 Å². The molecule has 1 N–H and O–H groups in total. The number of rotatable bonds is 3. The molecule has 0 saturated carbocycles. The van der Waals surface area contributed by atoms with Crippen molar-refractivity contribution in [1.82, 2.24) is 19.8 Å². The highest BCUT2D eigenvalue weighted by molar-refractivity contribution is 5.85. The van der Waals surface area contributed by atoms with E-state index in [9.17, 15) is 9.90 Å². The summed E-state index contributed by atoms with van der Waals surface area (Å²) in [6.45, 7) is 6.48. The van der Waals surface area contributed by atoms with Gasteiger partial charge in [-0.1, -0.05) is 0 Å². The Kier molecular flexibility index (Phi) is 5.20. The van der Waals surface area contributed by atoms with Crippen molar-refractivity contribution in [2.45, 2.75) is 31.2 Å². The molecule has 0 aliphatic carbocycles. The first kappa shape index (κ1) is 19.5. The van der Waals surface area contributed by atoms with Gasteiger partial charge in [-0.25, -0.2) is 14.8 Å². The summed E-state index contributed by atoms with van der Waals surface area (Å²) in [5.74, 6) is 0. The molecule has 3 fully saturated rings. The van der Waals surface area contributed by atoms with Gasteiger partial charge < -0.3 is 19.6 Å². The maximum atomic E-state index is 11.5. The zero-order chi connectivity index (χ0) is 20.6. The van der Waals surface area contributed by atoms with Crippen LogP contribution in [0.1, 0.15) is 31.4 Å². The van der Waals surface area contributed by atoms with Crippen LogP contribution < -0.4 is 4.90 Å². The molecule has 0 spiro atoms. The molecule has 160 valence electrons. The number of piperidine rings is 1. The summed E-state index contributed by atoms with van der Waals surface area (Å²) >= 11 is 0. The zero-order valence-electron chi connectivity index (χ0n) is 17.3. The number of carboxylic acid groups (broad SMARTS) is 1. The van der Waals surface area contributed by atoms with E-state index in [1.54, 1.807) is 6.33 Å². The van der Waals surface area contributed by atoms with Crippen molar-refractivity contribution in [2.75, 3.05) is 57.4 Å². The first-order valence-electron chi connectivity index (χ1n) is 11.0. The third kappa shape index (κ3) is 3.37. The van der Waals surface area contributed by atoms with Crippen molar-refractivity contribution in [1.29, 1.82) is 0 Å². The molecule has 5 rings (SSSR count). The fraction of sp³-hybridized carbons (Fsp3) is 0.591. The molecule has 1 aromatic carbocycles. The van der Waals surface area contributed by atoms with Crippen molar-refractivity contribution >= 4 is 22.7 Å². The number of amides is 1. The van der Waals surface area contributed by atoms with Gasteiger partial charge in [0, 0.05) is 37.3 Å². The highest BCUT2D eigenvalue weighted by Crippen LogP contribution is 2.42. The fourth-order valence-corrected chi connectivity index (χ4v) is 5.35. The average molecular weight is 412 g/mol. The van der Waals surface area contributed by atoms with Crippen LogP contribution in [-0.4, -0.2) is 83.4 Å². The molecule has 0 radical (unpaired) electrons. The number of aromatic nitrogens is 2. The van der Waals surface area contributed by atoms with Gasteiger partial charge in [0.15, 0.2) is 0 Å². The monoisotopic (exact) mass is 411 g/mol. The van der Waals surface area contributed by atoms with E-state index in [1.165, 1.54) is 23.4 Å². The maximum absolute atomic E-state index is 11.5. The Morgan fingerprint density at radius 2 is 1.73 bits per heavy atom. The van der Waals surface area contributed by atoms with Crippen LogP contribution in [-0.2, 0) is 10.3 Å². The number of hydrogen-bond donors (Lipinski definition) is 1. The average Bonchev–Trinajstić information content (AvgIpc) is 3.34. The number of morpholine rings is 1. The lowest BCUT2D eigenvalue weighted by atomic mass is 9.81. The summed E-state index contributed by atoms with van der Waals surface area (Å²) in [5.41, 5.74) is 2.98. The molecule has 3 aliphatic rings. The van der Waals surface area contributed by atoms with Gasteiger partial charge in [-0.3, -0.25) is 4.90 Å². The summed E-state index contributed by atoms with van der Waals surface area (Å²) in [7, 11) is 0. The molecule has 1 aromatic heterocycles. The Balaban J connectivity index is 1.54. The number of nitrogens with zero attached hydrogens (tertiary/aromatic N) is 5. The van der Waals surface area contributed by atoms with E-state index in [1.807, 2.05) is 0 Å². The highest BCUT2D eigenvalue weighted by Gasteiger charge is 2.45.